The maximum atomic E-state index is 12.1. The molecule has 0 fully saturated rings. The van der Waals surface area contributed by atoms with Crippen LogP contribution in [-0.4, -0.2) is 115 Å². The summed E-state index contributed by atoms with van der Waals surface area (Å²) >= 11 is 0. The zero-order valence-electron chi connectivity index (χ0n) is 43.2. The first-order valence-electron chi connectivity index (χ1n) is 23.8. The highest BCUT2D eigenvalue weighted by atomic mass is 31.3. The van der Waals surface area contributed by atoms with Crippen molar-refractivity contribution in [2.45, 2.75) is 119 Å². The Morgan fingerprint density at radius 2 is 0.389 bits per heavy atom. The summed E-state index contributed by atoms with van der Waals surface area (Å²) in [5, 5.41) is 0. The molecule has 0 amide bonds. The molecule has 0 N–H and O–H groups in total. The van der Waals surface area contributed by atoms with E-state index in [-0.39, 0.29) is 113 Å². The first kappa shape index (κ1) is 65.7. The lowest BCUT2D eigenvalue weighted by Gasteiger charge is -2.33. The fourth-order valence-corrected chi connectivity index (χ4v) is 14.7. The molecule has 0 saturated heterocycles. The van der Waals surface area contributed by atoms with Crippen LogP contribution in [0.4, 0.5) is 0 Å². The van der Waals surface area contributed by atoms with Gasteiger partial charge in [0.15, 0.2) is 0 Å². The Kier molecular flexibility index (Phi) is 33.4. The molecule has 72 heavy (non-hydrogen) atoms. The van der Waals surface area contributed by atoms with Gasteiger partial charge in [0.1, 0.15) is 0 Å². The molecule has 0 aromatic heterocycles. The number of esters is 6. The molecule has 0 atom stereocenters. The van der Waals surface area contributed by atoms with Crippen LogP contribution in [0.5, 0.6) is 0 Å². The monoisotopic (exact) mass is 1080 g/mol. The van der Waals surface area contributed by atoms with Crippen LogP contribution in [0.1, 0.15) is 119 Å². The SMILES string of the molecule is C=C(C)C(=O)OCCCCOP1(OCCCCOC(=O)C(=C)C)=NP(OCCCCOC(=O)C(=C)C)(OCCCCOC(=O)C(=C)C)=NP(OCCCCOC(=O)C(=C)C)(OCCCCOC(=O)C(=C)C)=N1. The summed E-state index contributed by atoms with van der Waals surface area (Å²) in [6, 6.07) is 0. The molecule has 1 rings (SSSR count). The predicted molar refractivity (Wildman–Crippen MR) is 274 cm³/mol. The fourth-order valence-electron chi connectivity index (χ4n) is 4.96. The maximum absolute atomic E-state index is 12.1. The summed E-state index contributed by atoms with van der Waals surface area (Å²) in [4.78, 5) is 72.6. The molecule has 0 aromatic carbocycles. The summed E-state index contributed by atoms with van der Waals surface area (Å²) < 4.78 is 86.5. The molecule has 0 unspecified atom stereocenters. The number of hydrogen-bond donors (Lipinski definition) is 0. The van der Waals surface area contributed by atoms with Crippen molar-refractivity contribution in [1.29, 1.82) is 0 Å². The second kappa shape index (κ2) is 36.6. The first-order valence-corrected chi connectivity index (χ1v) is 28.4. The van der Waals surface area contributed by atoms with Gasteiger partial charge in [-0.3, -0.25) is 0 Å². The van der Waals surface area contributed by atoms with Gasteiger partial charge in [0, 0.05) is 33.4 Å². The topological polar surface area (TPSA) is 250 Å². The minimum Gasteiger partial charge on any atom is -0.462 e. The zero-order chi connectivity index (χ0) is 54.0. The van der Waals surface area contributed by atoms with E-state index in [0.717, 1.165) is 0 Å². The molecule has 1 heterocycles. The van der Waals surface area contributed by atoms with Crippen molar-refractivity contribution in [3.63, 3.8) is 0 Å². The number of nitrogens with zero attached hydrogens (tertiary/aromatic N) is 3. The lowest BCUT2D eigenvalue weighted by Crippen LogP contribution is -2.10. The van der Waals surface area contributed by atoms with E-state index in [1.54, 1.807) is 41.5 Å². The number of carbonyl (C=O) groups is 6. The van der Waals surface area contributed by atoms with Crippen molar-refractivity contribution in [3.8, 4) is 0 Å². The number of rotatable bonds is 42. The molecule has 21 nitrogen and oxygen atoms in total. The summed E-state index contributed by atoms with van der Waals surface area (Å²) in [7, 11) is -11.8. The summed E-state index contributed by atoms with van der Waals surface area (Å²) in [5.41, 5.74) is 1.53. The predicted octanol–water partition coefficient (Wildman–Crippen LogP) is 11.3. The van der Waals surface area contributed by atoms with Crippen molar-refractivity contribution in [1.82, 2.24) is 0 Å². The van der Waals surface area contributed by atoms with E-state index in [1.165, 1.54) is 0 Å². The van der Waals surface area contributed by atoms with Crippen LogP contribution in [0, 0.1) is 0 Å². The number of ether oxygens (including phenoxy) is 6. The lowest BCUT2D eigenvalue weighted by molar-refractivity contribution is -0.140. The largest absolute Gasteiger partial charge is 0.462 e. The quantitative estimate of drug-likeness (QED) is 0.0181. The van der Waals surface area contributed by atoms with Crippen molar-refractivity contribution in [3.05, 3.63) is 72.9 Å². The molecule has 0 saturated carbocycles. The van der Waals surface area contributed by atoms with Crippen LogP contribution in [0.25, 0.3) is 0 Å². The molecule has 0 radical (unpaired) electrons. The fraction of sp³-hybridized carbons (Fsp3) is 0.625. The van der Waals surface area contributed by atoms with Crippen molar-refractivity contribution in [2.24, 2.45) is 13.5 Å². The van der Waals surface area contributed by atoms with Crippen LogP contribution in [-0.2, 0) is 84.3 Å². The summed E-state index contributed by atoms with van der Waals surface area (Å²) in [5.74, 6) is -3.20. The highest BCUT2D eigenvalue weighted by Crippen LogP contribution is 2.80. The van der Waals surface area contributed by atoms with Gasteiger partial charge in [-0.15, -0.1) is 13.5 Å². The number of hydrogen-bond acceptors (Lipinski definition) is 21. The Balaban J connectivity index is 3.96. The highest BCUT2D eigenvalue weighted by Gasteiger charge is 2.43. The molecule has 0 bridgehead atoms. The minimum atomic E-state index is -3.95. The first-order chi connectivity index (χ1) is 34.1. The third-order valence-corrected chi connectivity index (χ3v) is 17.5. The van der Waals surface area contributed by atoms with Gasteiger partial charge >= 0.3 is 58.8 Å². The van der Waals surface area contributed by atoms with Gasteiger partial charge in [0.2, 0.25) is 0 Å². The highest BCUT2D eigenvalue weighted by molar-refractivity contribution is 7.78. The van der Waals surface area contributed by atoms with E-state index in [2.05, 4.69) is 39.5 Å². The third-order valence-electron chi connectivity index (χ3n) is 8.96. The van der Waals surface area contributed by atoms with Crippen molar-refractivity contribution in [2.75, 3.05) is 79.3 Å². The number of carbonyl (C=O) groups excluding carboxylic acids is 6. The zero-order valence-corrected chi connectivity index (χ0v) is 45.9. The van der Waals surface area contributed by atoms with E-state index in [4.69, 9.17) is 69.1 Å². The van der Waals surface area contributed by atoms with Gasteiger partial charge in [-0.05, 0) is 119 Å². The van der Waals surface area contributed by atoms with Gasteiger partial charge < -0.3 is 55.6 Å². The Hall–Kier alpha value is -4.29. The number of unbranched alkanes of at least 4 members (excludes halogenated alkanes) is 6. The standard InChI is InChI=1S/C48H78N3O18P3/c1-37(2)43(52)58-25-13-19-31-64-70(65-32-20-14-26-59-44(53)38(3)4)49-71(66-33-21-15-27-60-45(54)39(5)6,67-34-22-16-28-61-46(55)40(7)8)51-72(50-70,68-35-23-17-29-62-47(56)41(9)10)69-36-24-18-30-63-48(57)42(11)12/h1,3,5,7,9,11,13-36H2,2,4,6,8,10,12H3. The van der Waals surface area contributed by atoms with Crippen LogP contribution in [0.15, 0.2) is 86.5 Å². The van der Waals surface area contributed by atoms with Crippen LogP contribution in [0.2, 0.25) is 0 Å². The van der Waals surface area contributed by atoms with E-state index < -0.39 is 58.8 Å². The van der Waals surface area contributed by atoms with E-state index >= 15 is 0 Å². The van der Waals surface area contributed by atoms with Crippen molar-refractivity contribution >= 4 is 58.8 Å². The third kappa shape index (κ3) is 28.8. The maximum Gasteiger partial charge on any atom is 0.349 e. The summed E-state index contributed by atoms with van der Waals surface area (Å²) in [6.07, 6.45) is 4.43. The van der Waals surface area contributed by atoms with Gasteiger partial charge in [-0.2, -0.15) is 0 Å². The van der Waals surface area contributed by atoms with Crippen molar-refractivity contribution < 1.29 is 84.3 Å². The average molecular weight is 1080 g/mol. The second-order valence-corrected chi connectivity index (χ2v) is 23.1. The molecule has 0 aromatic rings. The Bertz CT molecular complexity index is 1710. The Morgan fingerprint density at radius 3 is 0.514 bits per heavy atom. The minimum absolute atomic E-state index is 0.00796. The normalized spacial score (nSPS) is 13.9. The molecule has 0 aliphatic carbocycles. The van der Waals surface area contributed by atoms with E-state index in [9.17, 15) is 28.8 Å². The van der Waals surface area contributed by atoms with Gasteiger partial charge in [0.25, 0.3) is 0 Å². The van der Waals surface area contributed by atoms with Crippen LogP contribution < -0.4 is 0 Å². The van der Waals surface area contributed by atoms with E-state index in [1.807, 2.05) is 0 Å². The molecular weight excluding hydrogens is 999 g/mol. The molecule has 1 aliphatic rings. The lowest BCUT2D eigenvalue weighted by atomic mass is 10.3. The second-order valence-electron chi connectivity index (χ2n) is 16.5. The van der Waals surface area contributed by atoms with Crippen LogP contribution in [0.3, 0.4) is 0 Å². The van der Waals surface area contributed by atoms with E-state index in [0.29, 0.717) is 77.0 Å². The van der Waals surface area contributed by atoms with Gasteiger partial charge in [-0.25, -0.2) is 28.8 Å². The molecule has 0 spiro atoms. The van der Waals surface area contributed by atoms with Gasteiger partial charge in [-0.1, -0.05) is 39.5 Å². The Morgan fingerprint density at radius 1 is 0.264 bits per heavy atom. The average Bonchev–Trinajstić information content (AvgIpc) is 3.32. The smallest absolute Gasteiger partial charge is 0.349 e. The molecule has 1 aliphatic heterocycles. The molecular formula is C48H78N3O18P3. The van der Waals surface area contributed by atoms with Gasteiger partial charge in [0.05, 0.1) is 79.3 Å². The molecule has 408 valence electrons. The Labute approximate surface area is 426 Å². The summed E-state index contributed by atoms with van der Waals surface area (Å²) in [6.45, 7) is 31.4. The molecule has 24 heteroatoms. The van der Waals surface area contributed by atoms with Crippen LogP contribution >= 0.6 is 23.0 Å².